The number of likely N-dealkylation sites (N-methyl/N-ethyl adjacent to an activating group) is 1. The van der Waals surface area contributed by atoms with E-state index in [0.29, 0.717) is 24.9 Å². The summed E-state index contributed by atoms with van der Waals surface area (Å²) < 4.78 is 11.5. The first-order chi connectivity index (χ1) is 13.8. The average molecular weight is 403 g/mol. The van der Waals surface area contributed by atoms with Crippen molar-refractivity contribution in [2.24, 2.45) is 4.99 Å². The fourth-order valence-corrected chi connectivity index (χ4v) is 2.69. The summed E-state index contributed by atoms with van der Waals surface area (Å²) in [5, 5.41) is 17.1. The lowest BCUT2D eigenvalue weighted by Crippen LogP contribution is -2.44. The van der Waals surface area contributed by atoms with Crippen molar-refractivity contribution >= 4 is 5.96 Å². The summed E-state index contributed by atoms with van der Waals surface area (Å²) >= 11 is 0. The van der Waals surface area contributed by atoms with E-state index in [1.165, 1.54) is 0 Å². The Balaban J connectivity index is 2.02. The Hall–Kier alpha value is -2.51. The highest BCUT2D eigenvalue weighted by atomic mass is 16.5. The van der Waals surface area contributed by atoms with Crippen LogP contribution in [-0.4, -0.2) is 56.3 Å². The number of aliphatic imine (C=N–C) groups is 1. The van der Waals surface area contributed by atoms with Crippen LogP contribution in [0.5, 0.6) is 5.75 Å². The fraction of sp³-hybridized carbons (Fsp3) is 0.500. The lowest BCUT2D eigenvalue weighted by atomic mass is 10.0. The molecule has 7 nitrogen and oxygen atoms in total. The Bertz CT molecular complexity index is 784. The monoisotopic (exact) mass is 402 g/mol. The maximum atomic E-state index is 10.7. The molecule has 0 saturated heterocycles. The van der Waals surface area contributed by atoms with Crippen molar-refractivity contribution in [3.63, 3.8) is 0 Å². The van der Waals surface area contributed by atoms with Crippen LogP contribution in [0.2, 0.25) is 0 Å². The molecule has 0 aliphatic carbocycles. The predicted molar refractivity (Wildman–Crippen MR) is 116 cm³/mol. The van der Waals surface area contributed by atoms with Gasteiger partial charge < -0.3 is 29.8 Å². The highest BCUT2D eigenvalue weighted by Crippen LogP contribution is 2.22. The molecular formula is C22H34N4O3. The largest absolute Gasteiger partial charge is 0.492 e. The topological polar surface area (TPSA) is 82.3 Å². The average Bonchev–Trinajstić information content (AvgIpc) is 3.12. The Kier molecular flexibility index (Phi) is 8.54. The number of hydrogen-bond acceptors (Lipinski definition) is 5. The highest BCUT2D eigenvalue weighted by Gasteiger charge is 2.27. The minimum atomic E-state index is -1.14. The Morgan fingerprint density at radius 2 is 1.97 bits per heavy atom. The fourth-order valence-electron chi connectivity index (χ4n) is 2.69. The first-order valence-electron chi connectivity index (χ1n) is 9.98. The van der Waals surface area contributed by atoms with Gasteiger partial charge in [-0.05, 0) is 53.1 Å². The van der Waals surface area contributed by atoms with Crippen LogP contribution in [0.1, 0.15) is 30.9 Å². The van der Waals surface area contributed by atoms with Gasteiger partial charge in [-0.2, -0.15) is 0 Å². The quantitative estimate of drug-likeness (QED) is 0.418. The SMILES string of the molecule is CCNC(=NCc1ccccc1OCCN(C)C)NCC(C)(O)c1ccc(C)o1. The second-order valence-corrected chi connectivity index (χ2v) is 7.49. The van der Waals surface area contributed by atoms with Crippen LogP contribution in [0.3, 0.4) is 0 Å². The van der Waals surface area contributed by atoms with Gasteiger partial charge in [0.15, 0.2) is 5.96 Å². The maximum Gasteiger partial charge on any atom is 0.191 e. The van der Waals surface area contributed by atoms with Crippen LogP contribution in [0.4, 0.5) is 0 Å². The van der Waals surface area contributed by atoms with E-state index in [-0.39, 0.29) is 6.54 Å². The van der Waals surface area contributed by atoms with Gasteiger partial charge in [-0.15, -0.1) is 0 Å². The molecule has 2 rings (SSSR count). The van der Waals surface area contributed by atoms with Gasteiger partial charge in [-0.3, -0.25) is 0 Å². The molecule has 1 atom stereocenters. The molecule has 0 fully saturated rings. The zero-order chi connectivity index (χ0) is 21.3. The van der Waals surface area contributed by atoms with Crippen LogP contribution in [0.25, 0.3) is 0 Å². The molecule has 0 spiro atoms. The predicted octanol–water partition coefficient (Wildman–Crippen LogP) is 2.49. The normalized spacial score (nSPS) is 14.0. The van der Waals surface area contributed by atoms with E-state index in [1.807, 2.05) is 58.3 Å². The first kappa shape index (κ1) is 22.8. The van der Waals surface area contributed by atoms with Crippen LogP contribution < -0.4 is 15.4 Å². The molecule has 0 bridgehead atoms. The van der Waals surface area contributed by atoms with Gasteiger partial charge in [0.2, 0.25) is 0 Å². The Labute approximate surface area is 173 Å². The number of furan rings is 1. The second kappa shape index (κ2) is 10.9. The molecule has 1 aromatic carbocycles. The Morgan fingerprint density at radius 1 is 1.21 bits per heavy atom. The maximum absolute atomic E-state index is 10.7. The molecule has 0 aliphatic heterocycles. The minimum absolute atomic E-state index is 0.271. The number of nitrogens with one attached hydrogen (secondary N) is 2. The van der Waals surface area contributed by atoms with E-state index >= 15 is 0 Å². The summed E-state index contributed by atoms with van der Waals surface area (Å²) in [5.41, 5.74) is -0.130. The van der Waals surface area contributed by atoms with Crippen molar-refractivity contribution in [2.45, 2.75) is 32.9 Å². The third kappa shape index (κ3) is 7.44. The Morgan fingerprint density at radius 3 is 2.62 bits per heavy atom. The number of nitrogens with zero attached hydrogens (tertiary/aromatic N) is 2. The number of rotatable bonds is 10. The van der Waals surface area contributed by atoms with Gasteiger partial charge in [0.25, 0.3) is 0 Å². The molecule has 1 aromatic heterocycles. The molecule has 160 valence electrons. The van der Waals surface area contributed by atoms with Gasteiger partial charge in [0.1, 0.15) is 29.5 Å². The number of aliphatic hydroxyl groups is 1. The molecular weight excluding hydrogens is 368 g/mol. The number of aryl methyl sites for hydroxylation is 1. The van der Waals surface area contributed by atoms with Crippen molar-refractivity contribution in [3.8, 4) is 5.75 Å². The summed E-state index contributed by atoms with van der Waals surface area (Å²) in [5.74, 6) is 2.76. The smallest absolute Gasteiger partial charge is 0.191 e. The lowest BCUT2D eigenvalue weighted by Gasteiger charge is -2.23. The van der Waals surface area contributed by atoms with E-state index in [9.17, 15) is 5.11 Å². The molecule has 1 unspecified atom stereocenters. The zero-order valence-electron chi connectivity index (χ0n) is 18.2. The van der Waals surface area contributed by atoms with Crippen molar-refractivity contribution in [1.82, 2.24) is 15.5 Å². The van der Waals surface area contributed by atoms with E-state index in [4.69, 9.17) is 9.15 Å². The van der Waals surface area contributed by atoms with Crippen LogP contribution >= 0.6 is 0 Å². The number of benzene rings is 1. The molecule has 0 radical (unpaired) electrons. The number of ether oxygens (including phenoxy) is 1. The molecule has 7 heteroatoms. The van der Waals surface area contributed by atoms with Crippen LogP contribution in [-0.2, 0) is 12.1 Å². The summed E-state index contributed by atoms with van der Waals surface area (Å²) in [6, 6.07) is 11.6. The van der Waals surface area contributed by atoms with Crippen molar-refractivity contribution in [3.05, 3.63) is 53.5 Å². The molecule has 0 saturated carbocycles. The molecule has 0 amide bonds. The van der Waals surface area contributed by atoms with E-state index in [0.717, 1.165) is 30.2 Å². The summed E-state index contributed by atoms with van der Waals surface area (Å²) in [6.45, 7) is 8.51. The lowest BCUT2D eigenvalue weighted by molar-refractivity contribution is 0.0378. The van der Waals surface area contributed by atoms with E-state index in [1.54, 1.807) is 13.0 Å². The molecule has 2 aromatic rings. The van der Waals surface area contributed by atoms with Crippen LogP contribution in [0.15, 0.2) is 45.8 Å². The second-order valence-electron chi connectivity index (χ2n) is 7.49. The first-order valence-corrected chi connectivity index (χ1v) is 9.98. The highest BCUT2D eigenvalue weighted by molar-refractivity contribution is 5.79. The minimum Gasteiger partial charge on any atom is -0.492 e. The summed E-state index contributed by atoms with van der Waals surface area (Å²) in [7, 11) is 4.04. The molecule has 1 heterocycles. The van der Waals surface area contributed by atoms with Crippen molar-refractivity contribution < 1.29 is 14.3 Å². The molecule has 3 N–H and O–H groups in total. The molecule has 0 aliphatic rings. The third-order valence-corrected chi connectivity index (χ3v) is 4.39. The van der Waals surface area contributed by atoms with Crippen molar-refractivity contribution in [2.75, 3.05) is 40.3 Å². The van der Waals surface area contributed by atoms with Gasteiger partial charge >= 0.3 is 0 Å². The van der Waals surface area contributed by atoms with Gasteiger partial charge in [0, 0.05) is 18.7 Å². The van der Waals surface area contributed by atoms with Gasteiger partial charge in [-0.1, -0.05) is 18.2 Å². The number of guanidine groups is 1. The number of hydrogen-bond donors (Lipinski definition) is 3. The number of para-hydroxylation sites is 1. The standard InChI is InChI=1S/C22H34N4O3/c1-6-23-21(25-16-22(3,27)20-12-11-17(2)29-20)24-15-18-9-7-8-10-19(18)28-14-13-26(4)5/h7-12,27H,6,13-16H2,1-5H3,(H2,23,24,25). The molecule has 29 heavy (non-hydrogen) atoms. The van der Waals surface area contributed by atoms with Crippen molar-refractivity contribution in [1.29, 1.82) is 0 Å². The van der Waals surface area contributed by atoms with E-state index in [2.05, 4.69) is 20.5 Å². The van der Waals surface area contributed by atoms with Crippen LogP contribution in [0, 0.1) is 6.92 Å². The van der Waals surface area contributed by atoms with Gasteiger partial charge in [-0.25, -0.2) is 4.99 Å². The van der Waals surface area contributed by atoms with Gasteiger partial charge in [0.05, 0.1) is 13.1 Å². The summed E-state index contributed by atoms with van der Waals surface area (Å²) in [6.07, 6.45) is 0. The van der Waals surface area contributed by atoms with E-state index < -0.39 is 5.60 Å². The zero-order valence-corrected chi connectivity index (χ0v) is 18.2. The summed E-state index contributed by atoms with van der Waals surface area (Å²) in [4.78, 5) is 6.74. The third-order valence-electron chi connectivity index (χ3n) is 4.39.